The molecule has 2 aliphatic rings. The molecule has 0 radical (unpaired) electrons. The maximum Gasteiger partial charge on any atom is 0.306 e. The van der Waals surface area contributed by atoms with Crippen molar-refractivity contribution in [1.29, 1.82) is 0 Å². The number of carbonyl (C=O) groups excluding carboxylic acids is 1. The van der Waals surface area contributed by atoms with Crippen LogP contribution in [0.3, 0.4) is 0 Å². The van der Waals surface area contributed by atoms with Gasteiger partial charge >= 0.3 is 5.97 Å². The average molecular weight is 907 g/mol. The maximum absolute atomic E-state index is 13.0. The highest BCUT2D eigenvalue weighted by Gasteiger charge is 2.47. The smallest absolute Gasteiger partial charge is 0.306 e. The largest absolute Gasteiger partial charge is 0.457 e. The van der Waals surface area contributed by atoms with E-state index in [9.17, 15) is 40.5 Å². The van der Waals surface area contributed by atoms with E-state index in [-0.39, 0.29) is 25.6 Å². The van der Waals surface area contributed by atoms with E-state index < -0.39 is 80.7 Å². The molecule has 0 bridgehead atoms. The van der Waals surface area contributed by atoms with Gasteiger partial charge in [-0.3, -0.25) is 4.79 Å². The monoisotopic (exact) mass is 907 g/mol. The molecule has 0 saturated carbocycles. The van der Waals surface area contributed by atoms with Crippen LogP contribution in [0.1, 0.15) is 206 Å². The van der Waals surface area contributed by atoms with Gasteiger partial charge in [0.15, 0.2) is 12.6 Å². The maximum atomic E-state index is 13.0. The lowest BCUT2D eigenvalue weighted by Gasteiger charge is -2.42. The topological polar surface area (TPSA) is 214 Å². The normalized spacial score (nSPS) is 26.9. The van der Waals surface area contributed by atoms with Crippen LogP contribution in [0.25, 0.3) is 0 Å². The third kappa shape index (κ3) is 26.2. The first-order valence-corrected chi connectivity index (χ1v) is 25.6. The second-order valence-electron chi connectivity index (χ2n) is 18.4. The Labute approximate surface area is 381 Å². The van der Waals surface area contributed by atoms with Crippen LogP contribution < -0.4 is 0 Å². The van der Waals surface area contributed by atoms with Crippen LogP contribution in [0.15, 0.2) is 0 Å². The van der Waals surface area contributed by atoms with Gasteiger partial charge in [-0.15, -0.1) is 0 Å². The van der Waals surface area contributed by atoms with Crippen LogP contribution in [0.2, 0.25) is 0 Å². The molecule has 0 aromatic heterocycles. The molecule has 14 heteroatoms. The number of hydrogen-bond acceptors (Lipinski definition) is 14. The molecular formula is C49H94O14. The van der Waals surface area contributed by atoms with Crippen molar-refractivity contribution in [3.8, 4) is 0 Å². The first-order chi connectivity index (χ1) is 30.6. The standard InChI is InChI=1S/C49H94O14/c1-3-5-7-9-11-13-15-17-18-19-20-22-24-26-28-30-32-41(51)61-38(35-58-33-31-29-27-25-23-21-16-14-12-10-8-6-4-2)36-59-48-47(57)45(55)43(53)40(63-48)37-60-49-46(56)44(54)42(52)39(34-50)62-49/h38-40,42-50,52-57H,3-37H2,1-2H3. The van der Waals surface area contributed by atoms with Gasteiger partial charge in [-0.2, -0.15) is 0 Å². The zero-order chi connectivity index (χ0) is 45.9. The van der Waals surface area contributed by atoms with Crippen molar-refractivity contribution in [1.82, 2.24) is 0 Å². The summed E-state index contributed by atoms with van der Waals surface area (Å²) in [4.78, 5) is 13.0. The van der Waals surface area contributed by atoms with Crippen molar-refractivity contribution in [3.63, 3.8) is 0 Å². The fraction of sp³-hybridized carbons (Fsp3) is 0.980. The van der Waals surface area contributed by atoms with Crippen LogP contribution >= 0.6 is 0 Å². The number of hydrogen-bond donors (Lipinski definition) is 7. The Balaban J connectivity index is 1.76. The molecule has 11 atom stereocenters. The van der Waals surface area contributed by atoms with Gasteiger partial charge in [0.2, 0.25) is 0 Å². The summed E-state index contributed by atoms with van der Waals surface area (Å²) in [5.74, 6) is -0.370. The summed E-state index contributed by atoms with van der Waals surface area (Å²) < 4.78 is 34.3. The number of aliphatic hydroxyl groups excluding tert-OH is 7. The van der Waals surface area contributed by atoms with E-state index in [0.717, 1.165) is 44.9 Å². The van der Waals surface area contributed by atoms with Crippen LogP contribution in [0, 0.1) is 0 Å². The van der Waals surface area contributed by atoms with Crippen LogP contribution in [0.5, 0.6) is 0 Å². The molecular weight excluding hydrogens is 813 g/mol. The average Bonchev–Trinajstić information content (AvgIpc) is 3.28. The van der Waals surface area contributed by atoms with Gasteiger partial charge < -0.3 is 64.2 Å². The van der Waals surface area contributed by atoms with Crippen molar-refractivity contribution in [2.45, 2.75) is 274 Å². The van der Waals surface area contributed by atoms with Crippen molar-refractivity contribution < 1.29 is 69.0 Å². The quantitative estimate of drug-likeness (QED) is 0.0237. The molecule has 2 heterocycles. The van der Waals surface area contributed by atoms with Crippen molar-refractivity contribution in [3.05, 3.63) is 0 Å². The van der Waals surface area contributed by atoms with Gasteiger partial charge in [-0.05, 0) is 12.8 Å². The van der Waals surface area contributed by atoms with E-state index in [1.165, 1.54) is 141 Å². The second-order valence-corrected chi connectivity index (χ2v) is 18.4. The van der Waals surface area contributed by atoms with Crippen molar-refractivity contribution in [2.24, 2.45) is 0 Å². The third-order valence-electron chi connectivity index (χ3n) is 12.6. The molecule has 0 aliphatic carbocycles. The lowest BCUT2D eigenvalue weighted by atomic mass is 9.98. The number of aliphatic hydroxyl groups is 7. The molecule has 0 amide bonds. The number of esters is 1. The summed E-state index contributed by atoms with van der Waals surface area (Å²) in [6, 6.07) is 0. The Bertz CT molecular complexity index is 1050. The summed E-state index contributed by atoms with van der Waals surface area (Å²) >= 11 is 0. The molecule has 2 rings (SSSR count). The molecule has 63 heavy (non-hydrogen) atoms. The van der Waals surface area contributed by atoms with Gasteiger partial charge in [0.1, 0.15) is 54.9 Å². The summed E-state index contributed by atoms with van der Waals surface area (Å²) in [7, 11) is 0. The predicted octanol–water partition coefficient (Wildman–Crippen LogP) is 7.30. The highest BCUT2D eigenvalue weighted by atomic mass is 16.7. The first-order valence-electron chi connectivity index (χ1n) is 25.6. The molecule has 7 N–H and O–H groups in total. The second kappa shape index (κ2) is 38.0. The Hall–Kier alpha value is -1.01. The first kappa shape index (κ1) is 58.1. The predicted molar refractivity (Wildman–Crippen MR) is 243 cm³/mol. The van der Waals surface area contributed by atoms with Crippen LogP contribution in [-0.2, 0) is 33.2 Å². The third-order valence-corrected chi connectivity index (χ3v) is 12.6. The van der Waals surface area contributed by atoms with Gasteiger partial charge in [0.25, 0.3) is 0 Å². The lowest BCUT2D eigenvalue weighted by molar-refractivity contribution is -0.332. The van der Waals surface area contributed by atoms with Gasteiger partial charge in [-0.25, -0.2) is 0 Å². The number of unbranched alkanes of at least 4 members (excludes halogenated alkanes) is 27. The fourth-order valence-electron chi connectivity index (χ4n) is 8.40. The van der Waals surface area contributed by atoms with E-state index in [1.807, 2.05) is 0 Å². The zero-order valence-electron chi connectivity index (χ0n) is 39.6. The van der Waals surface area contributed by atoms with Gasteiger partial charge in [0.05, 0.1) is 26.4 Å². The molecule has 11 unspecified atom stereocenters. The molecule has 0 spiro atoms. The Morgan fingerprint density at radius 2 is 0.841 bits per heavy atom. The zero-order valence-corrected chi connectivity index (χ0v) is 39.6. The minimum Gasteiger partial charge on any atom is -0.457 e. The molecule has 2 saturated heterocycles. The Morgan fingerprint density at radius 3 is 1.29 bits per heavy atom. The van der Waals surface area contributed by atoms with Gasteiger partial charge in [0, 0.05) is 13.0 Å². The highest BCUT2D eigenvalue weighted by Crippen LogP contribution is 2.26. The molecule has 2 aliphatic heterocycles. The highest BCUT2D eigenvalue weighted by molar-refractivity contribution is 5.69. The Kier molecular flexibility index (Phi) is 35.1. The summed E-state index contributed by atoms with van der Waals surface area (Å²) in [5, 5.41) is 72.1. The van der Waals surface area contributed by atoms with E-state index in [4.69, 9.17) is 28.4 Å². The minimum absolute atomic E-state index is 0.0700. The van der Waals surface area contributed by atoms with E-state index in [2.05, 4.69) is 13.8 Å². The van der Waals surface area contributed by atoms with E-state index >= 15 is 0 Å². The van der Waals surface area contributed by atoms with Crippen LogP contribution in [-0.4, -0.2) is 142 Å². The summed E-state index contributed by atoms with van der Waals surface area (Å²) in [6.07, 6.45) is 20.2. The number of rotatable bonds is 41. The summed E-state index contributed by atoms with van der Waals surface area (Å²) in [6.45, 7) is 3.73. The molecule has 0 aromatic rings. The van der Waals surface area contributed by atoms with Gasteiger partial charge in [-0.1, -0.05) is 187 Å². The number of ether oxygens (including phenoxy) is 6. The minimum atomic E-state index is -1.70. The van der Waals surface area contributed by atoms with Crippen molar-refractivity contribution in [2.75, 3.05) is 33.0 Å². The lowest BCUT2D eigenvalue weighted by Crippen LogP contribution is -2.61. The SMILES string of the molecule is CCCCCCCCCCCCCCCCCCC(=O)OC(COCCCCCCCCCCCCCCC)COC1OC(COC2OC(CO)C(O)C(O)C2O)C(O)C(O)C1O. The fourth-order valence-corrected chi connectivity index (χ4v) is 8.40. The molecule has 2 fully saturated rings. The van der Waals surface area contributed by atoms with E-state index in [0.29, 0.717) is 6.61 Å². The van der Waals surface area contributed by atoms with E-state index in [1.54, 1.807) is 0 Å². The molecule has 0 aromatic carbocycles. The Morgan fingerprint density at radius 1 is 0.460 bits per heavy atom. The van der Waals surface area contributed by atoms with Crippen LogP contribution in [0.4, 0.5) is 0 Å². The van der Waals surface area contributed by atoms with Crippen molar-refractivity contribution >= 4 is 5.97 Å². The summed E-state index contributed by atoms with van der Waals surface area (Å²) in [5.41, 5.74) is 0. The molecule has 374 valence electrons. The molecule has 14 nitrogen and oxygen atoms in total. The number of carbonyl (C=O) groups is 1.